The molecule has 0 fully saturated rings. The molecule has 0 aliphatic rings. The summed E-state index contributed by atoms with van der Waals surface area (Å²) in [5, 5.41) is 13.2. The van der Waals surface area contributed by atoms with Gasteiger partial charge in [0.2, 0.25) is 0 Å². The highest BCUT2D eigenvalue weighted by Gasteiger charge is 2.22. The second-order valence-electron chi connectivity index (χ2n) is 12.8. The number of anilines is 1. The number of fused-ring (bicyclic) bond motifs is 1. The van der Waals surface area contributed by atoms with Gasteiger partial charge in [0, 0.05) is 40.8 Å². The molecule has 0 aliphatic heterocycles. The number of nitrogens with zero attached hydrogens (tertiary/aromatic N) is 4. The lowest BCUT2D eigenvalue weighted by atomic mass is 9.97. The van der Waals surface area contributed by atoms with Gasteiger partial charge in [-0.25, -0.2) is 0 Å². The van der Waals surface area contributed by atoms with Crippen molar-refractivity contribution in [2.75, 3.05) is 29.9 Å². The molecule has 0 saturated heterocycles. The van der Waals surface area contributed by atoms with Crippen molar-refractivity contribution >= 4 is 49.9 Å². The first-order valence-corrected chi connectivity index (χ1v) is 19.0. The summed E-state index contributed by atoms with van der Waals surface area (Å²) >= 11 is 9.97. The molecule has 8 heteroatoms. The van der Waals surface area contributed by atoms with Crippen molar-refractivity contribution in [1.29, 1.82) is 5.26 Å². The van der Waals surface area contributed by atoms with Crippen LogP contribution in [-0.2, 0) is 24.1 Å². The third kappa shape index (κ3) is 12.0. The SMILES string of the molecule is C=C(CCN(C[C@@H](C)CC#N)c1nc(OC[C@@H](C)CCCC)nc(CC)c1CCCCc1cccc2cccc(Cl)c12)C(=O)/C=C/CBr. The number of carbonyl (C=O) groups is 1. The number of aryl methyl sites for hydroxylation is 2. The number of hydrogen-bond acceptors (Lipinski definition) is 6. The summed E-state index contributed by atoms with van der Waals surface area (Å²) < 4.78 is 6.25. The van der Waals surface area contributed by atoms with Gasteiger partial charge in [0.05, 0.1) is 18.4 Å². The minimum Gasteiger partial charge on any atom is -0.463 e. The summed E-state index contributed by atoms with van der Waals surface area (Å²) in [4.78, 5) is 24.9. The Labute approximate surface area is 301 Å². The maximum absolute atomic E-state index is 12.7. The number of aromatic nitrogens is 2. The summed E-state index contributed by atoms with van der Waals surface area (Å²) in [5.74, 6) is 1.27. The molecule has 0 N–H and O–H groups in total. The van der Waals surface area contributed by atoms with Crippen molar-refractivity contribution < 1.29 is 9.53 Å². The maximum atomic E-state index is 12.7. The van der Waals surface area contributed by atoms with Crippen LogP contribution in [0.25, 0.3) is 10.8 Å². The van der Waals surface area contributed by atoms with Crippen LogP contribution in [0.4, 0.5) is 5.82 Å². The number of unbranched alkanes of at least 4 members (excludes halogenated alkanes) is 2. The molecule has 0 bridgehead atoms. The highest BCUT2D eigenvalue weighted by atomic mass is 79.9. The smallest absolute Gasteiger partial charge is 0.318 e. The first-order chi connectivity index (χ1) is 23.2. The molecule has 0 saturated carbocycles. The topological polar surface area (TPSA) is 79.1 Å². The number of ketones is 1. The van der Waals surface area contributed by atoms with Gasteiger partial charge in [-0.05, 0) is 85.4 Å². The Kier molecular flexibility index (Phi) is 17.2. The number of benzene rings is 2. The largest absolute Gasteiger partial charge is 0.463 e. The van der Waals surface area contributed by atoms with Gasteiger partial charge < -0.3 is 9.64 Å². The Morgan fingerprint density at radius 3 is 2.56 bits per heavy atom. The molecular formula is C40H52BrClN4O2. The van der Waals surface area contributed by atoms with E-state index in [2.05, 4.69) is 85.4 Å². The molecule has 1 heterocycles. The highest BCUT2D eigenvalue weighted by molar-refractivity contribution is 9.09. The minimum atomic E-state index is -0.0738. The molecule has 0 radical (unpaired) electrons. The fraction of sp³-hybridized carbons (Fsp3) is 0.500. The van der Waals surface area contributed by atoms with E-state index in [1.54, 1.807) is 12.2 Å². The van der Waals surface area contributed by atoms with Crippen LogP contribution in [0.15, 0.2) is 60.7 Å². The average molecular weight is 736 g/mol. The van der Waals surface area contributed by atoms with Crippen LogP contribution in [0.5, 0.6) is 6.01 Å². The van der Waals surface area contributed by atoms with E-state index in [4.69, 9.17) is 26.3 Å². The number of allylic oxidation sites excluding steroid dienone is 2. The third-order valence-corrected chi connectivity index (χ3v) is 9.35. The van der Waals surface area contributed by atoms with Crippen molar-refractivity contribution in [2.24, 2.45) is 11.8 Å². The summed E-state index contributed by atoms with van der Waals surface area (Å²) in [6.07, 6.45) is 12.1. The molecule has 6 nitrogen and oxygen atoms in total. The zero-order chi connectivity index (χ0) is 34.9. The van der Waals surface area contributed by atoms with E-state index < -0.39 is 0 Å². The molecule has 0 aliphatic carbocycles. The molecule has 0 unspecified atom stereocenters. The molecule has 1 aromatic heterocycles. The predicted octanol–water partition coefficient (Wildman–Crippen LogP) is 10.4. The van der Waals surface area contributed by atoms with Gasteiger partial charge in [-0.2, -0.15) is 15.2 Å². The van der Waals surface area contributed by atoms with E-state index >= 15 is 0 Å². The van der Waals surface area contributed by atoms with Crippen molar-refractivity contribution in [3.8, 4) is 12.1 Å². The summed E-state index contributed by atoms with van der Waals surface area (Å²) in [7, 11) is 0. The Morgan fingerprint density at radius 2 is 1.85 bits per heavy atom. The number of ether oxygens (including phenoxy) is 1. The lowest BCUT2D eigenvalue weighted by Crippen LogP contribution is -2.32. The van der Waals surface area contributed by atoms with Gasteiger partial charge in [-0.15, -0.1) is 0 Å². The number of alkyl halides is 1. The van der Waals surface area contributed by atoms with E-state index in [0.717, 1.165) is 77.8 Å². The molecule has 258 valence electrons. The average Bonchev–Trinajstić information content (AvgIpc) is 3.08. The van der Waals surface area contributed by atoms with Gasteiger partial charge in [0.1, 0.15) is 5.82 Å². The molecule has 48 heavy (non-hydrogen) atoms. The molecule has 2 atom stereocenters. The van der Waals surface area contributed by atoms with Crippen LogP contribution in [-0.4, -0.2) is 40.8 Å². The second kappa shape index (κ2) is 21.0. The number of hydrogen-bond donors (Lipinski definition) is 0. The van der Waals surface area contributed by atoms with Crippen LogP contribution in [0, 0.1) is 23.2 Å². The van der Waals surface area contributed by atoms with Crippen LogP contribution in [0.1, 0.15) is 89.5 Å². The summed E-state index contributed by atoms with van der Waals surface area (Å²) in [5.41, 5.74) is 3.90. The fourth-order valence-corrected chi connectivity index (χ4v) is 6.45. The molecule has 0 amide bonds. The van der Waals surface area contributed by atoms with Gasteiger partial charge in [-0.1, -0.05) is 111 Å². The first kappa shape index (κ1) is 39.2. The number of rotatable bonds is 22. The summed E-state index contributed by atoms with van der Waals surface area (Å²) in [6, 6.07) is 15.2. The Morgan fingerprint density at radius 1 is 1.10 bits per heavy atom. The lowest BCUT2D eigenvalue weighted by molar-refractivity contribution is -0.111. The Balaban J connectivity index is 1.93. The molecule has 3 rings (SSSR count). The third-order valence-electron chi connectivity index (χ3n) is 8.66. The quantitative estimate of drug-likeness (QED) is 0.0581. The van der Waals surface area contributed by atoms with Gasteiger partial charge in [0.15, 0.2) is 5.78 Å². The molecule has 3 aromatic rings. The van der Waals surface area contributed by atoms with Crippen LogP contribution < -0.4 is 9.64 Å². The molecule has 0 spiro atoms. The normalized spacial score (nSPS) is 12.6. The van der Waals surface area contributed by atoms with Crippen molar-refractivity contribution in [1.82, 2.24) is 9.97 Å². The number of nitriles is 1. The van der Waals surface area contributed by atoms with Gasteiger partial charge in [0.25, 0.3) is 0 Å². The zero-order valence-corrected chi connectivity index (χ0v) is 31.6. The fourth-order valence-electron chi connectivity index (χ4n) is 5.96. The van der Waals surface area contributed by atoms with E-state index in [1.165, 1.54) is 12.0 Å². The monoisotopic (exact) mass is 734 g/mol. The first-order valence-electron chi connectivity index (χ1n) is 17.5. The molecule has 2 aromatic carbocycles. The lowest BCUT2D eigenvalue weighted by Gasteiger charge is -2.29. The maximum Gasteiger partial charge on any atom is 0.318 e. The van der Waals surface area contributed by atoms with E-state index in [0.29, 0.717) is 55.4 Å². The van der Waals surface area contributed by atoms with Crippen LogP contribution in [0.2, 0.25) is 5.02 Å². The van der Waals surface area contributed by atoms with Crippen molar-refractivity contribution in [3.63, 3.8) is 0 Å². The van der Waals surface area contributed by atoms with E-state index in [-0.39, 0.29) is 11.7 Å². The standard InChI is InChI=1S/C40H52BrClN4O2/c1-6-8-14-30(4)28-48-40-44-36(7-2)34(19-10-9-15-32-16-11-17-33-18-12-20-35(42)38(32)33)39(45-40)46(27-29(3)22-25-43)26-23-31(5)37(47)21-13-24-41/h11-13,16-18,20-21,29-30H,5-10,14-15,19,22-24,26-28H2,1-4H3/b21-13+/t29-,30-/m0/s1. The Hall–Kier alpha value is -3.21. The Bertz CT molecular complexity index is 1560. The van der Waals surface area contributed by atoms with Crippen molar-refractivity contribution in [3.05, 3.63) is 82.5 Å². The van der Waals surface area contributed by atoms with E-state index in [9.17, 15) is 10.1 Å². The minimum absolute atomic E-state index is 0.0738. The van der Waals surface area contributed by atoms with E-state index in [1.807, 2.05) is 12.1 Å². The van der Waals surface area contributed by atoms with Crippen LogP contribution in [0.3, 0.4) is 0 Å². The molecular weight excluding hydrogens is 684 g/mol. The number of halogens is 2. The van der Waals surface area contributed by atoms with Gasteiger partial charge >= 0.3 is 6.01 Å². The zero-order valence-electron chi connectivity index (χ0n) is 29.2. The number of carbonyl (C=O) groups excluding carboxylic acids is 1. The highest BCUT2D eigenvalue weighted by Crippen LogP contribution is 2.31. The van der Waals surface area contributed by atoms with Crippen molar-refractivity contribution in [2.45, 2.75) is 91.9 Å². The van der Waals surface area contributed by atoms with Crippen LogP contribution >= 0.6 is 27.5 Å². The second-order valence-corrected chi connectivity index (χ2v) is 13.9. The van der Waals surface area contributed by atoms with Gasteiger partial charge in [-0.3, -0.25) is 4.79 Å². The predicted molar refractivity (Wildman–Crippen MR) is 204 cm³/mol. The summed E-state index contributed by atoms with van der Waals surface area (Å²) in [6.45, 7) is 14.4.